The van der Waals surface area contributed by atoms with Gasteiger partial charge in [-0.2, -0.15) is 13.2 Å². The highest BCUT2D eigenvalue weighted by Crippen LogP contribution is 2.39. The number of hydrogen-bond acceptors (Lipinski definition) is 7. The van der Waals surface area contributed by atoms with Crippen LogP contribution in [0.15, 0.2) is 54.7 Å². The van der Waals surface area contributed by atoms with Crippen LogP contribution in [-0.2, 0) is 30.5 Å². The Balaban J connectivity index is 0.000000633. The van der Waals surface area contributed by atoms with Crippen molar-refractivity contribution in [2.24, 2.45) is 11.7 Å². The standard InChI is InChI=1S/C24H31F3N4O5.C6H7N/c1-22(2,28)21(35)29-17(13-36-12-15-7-5-4-6-8-15)20(34)30-9-10-31-19(33)16(11-24(25,26)27)18(32)23(31,3)14-30;1-6-4-2-3-5-7-6/h4-8,16-17H,9-14,28H2,1-3H3,(H,29,35);2-5H,1H3/t16?,17-,23+;/m1./s1. The van der Waals surface area contributed by atoms with E-state index in [0.29, 0.717) is 0 Å². The zero-order chi connectivity index (χ0) is 32.0. The average molecular weight is 606 g/mol. The number of rotatable bonds is 8. The molecule has 1 aromatic carbocycles. The molecule has 0 radical (unpaired) electrons. The molecule has 1 aromatic heterocycles. The Bertz CT molecular complexity index is 1290. The Labute approximate surface area is 248 Å². The molecule has 1 unspecified atom stereocenters. The SMILES string of the molecule is CC(C)(N)C(=O)N[C@H](COCc1ccccc1)C(=O)N1CCN2C(=O)C(CC(F)(F)F)C(=O)[C@]2(C)C1.Cc1ccccn1. The Morgan fingerprint density at radius 3 is 2.30 bits per heavy atom. The zero-order valence-corrected chi connectivity index (χ0v) is 24.7. The van der Waals surface area contributed by atoms with Crippen molar-refractivity contribution in [3.05, 3.63) is 66.0 Å². The lowest BCUT2D eigenvalue weighted by atomic mass is 9.88. The number of piperazine rings is 1. The third-order valence-electron chi connectivity index (χ3n) is 7.24. The van der Waals surface area contributed by atoms with Gasteiger partial charge in [0.15, 0.2) is 5.78 Å². The van der Waals surface area contributed by atoms with Gasteiger partial charge in [0, 0.05) is 25.0 Å². The lowest BCUT2D eigenvalue weighted by Gasteiger charge is -2.44. The summed E-state index contributed by atoms with van der Waals surface area (Å²) in [6, 6.07) is 13.9. The van der Waals surface area contributed by atoms with Gasteiger partial charge in [-0.3, -0.25) is 24.2 Å². The molecule has 0 aliphatic carbocycles. The maximum Gasteiger partial charge on any atom is 0.390 e. The van der Waals surface area contributed by atoms with Crippen LogP contribution in [0.1, 0.15) is 38.4 Å². The predicted octanol–water partition coefficient (Wildman–Crippen LogP) is 2.40. The van der Waals surface area contributed by atoms with E-state index in [1.165, 1.54) is 25.7 Å². The third kappa shape index (κ3) is 8.83. The van der Waals surface area contributed by atoms with Crippen molar-refractivity contribution in [2.75, 3.05) is 26.2 Å². The molecule has 43 heavy (non-hydrogen) atoms. The van der Waals surface area contributed by atoms with Crippen LogP contribution in [0, 0.1) is 12.8 Å². The zero-order valence-electron chi connectivity index (χ0n) is 24.7. The quantitative estimate of drug-likeness (QED) is 0.442. The number of alkyl halides is 3. The van der Waals surface area contributed by atoms with Gasteiger partial charge < -0.3 is 25.6 Å². The first kappa shape index (κ1) is 33.7. The largest absolute Gasteiger partial charge is 0.390 e. The Hall–Kier alpha value is -3.84. The molecule has 10 nitrogen and oxygen atoms in total. The van der Waals surface area contributed by atoms with E-state index >= 15 is 0 Å². The molecular weight excluding hydrogens is 567 g/mol. The van der Waals surface area contributed by atoms with Crippen molar-refractivity contribution in [2.45, 2.75) is 64.0 Å². The number of pyridine rings is 1. The number of carbonyl (C=O) groups is 4. The smallest absolute Gasteiger partial charge is 0.374 e. The molecule has 3 atom stereocenters. The van der Waals surface area contributed by atoms with Crippen LogP contribution in [0.4, 0.5) is 13.2 Å². The number of nitrogens with two attached hydrogens (primary N) is 1. The highest BCUT2D eigenvalue weighted by atomic mass is 19.4. The number of amides is 3. The second-order valence-corrected chi connectivity index (χ2v) is 11.5. The fraction of sp³-hybridized carbons (Fsp3) is 0.500. The number of carbonyl (C=O) groups excluding carboxylic acids is 4. The normalized spacial score (nSPS) is 21.1. The minimum Gasteiger partial charge on any atom is -0.374 e. The number of benzene rings is 1. The highest BCUT2D eigenvalue weighted by molar-refractivity contribution is 6.13. The molecule has 2 fully saturated rings. The van der Waals surface area contributed by atoms with Crippen LogP contribution in [0.25, 0.3) is 0 Å². The molecule has 3 heterocycles. The summed E-state index contributed by atoms with van der Waals surface area (Å²) < 4.78 is 44.6. The van der Waals surface area contributed by atoms with Crippen LogP contribution < -0.4 is 11.1 Å². The first-order valence-electron chi connectivity index (χ1n) is 13.8. The van der Waals surface area contributed by atoms with Crippen LogP contribution in [0.3, 0.4) is 0 Å². The van der Waals surface area contributed by atoms with Gasteiger partial charge in [-0.15, -0.1) is 0 Å². The number of fused-ring (bicyclic) bond motifs is 1. The average Bonchev–Trinajstić information content (AvgIpc) is 3.11. The van der Waals surface area contributed by atoms with E-state index in [0.717, 1.165) is 16.2 Å². The van der Waals surface area contributed by atoms with E-state index in [4.69, 9.17) is 10.5 Å². The molecule has 2 saturated heterocycles. The summed E-state index contributed by atoms with van der Waals surface area (Å²) >= 11 is 0. The van der Waals surface area contributed by atoms with Gasteiger partial charge in [-0.1, -0.05) is 36.4 Å². The van der Waals surface area contributed by atoms with E-state index in [2.05, 4.69) is 10.3 Å². The highest BCUT2D eigenvalue weighted by Gasteiger charge is 2.60. The molecule has 4 rings (SSSR count). The molecule has 13 heteroatoms. The summed E-state index contributed by atoms with van der Waals surface area (Å²) in [7, 11) is 0. The monoisotopic (exact) mass is 605 g/mol. The van der Waals surface area contributed by atoms with Gasteiger partial charge in [-0.05, 0) is 45.4 Å². The minimum atomic E-state index is -4.68. The van der Waals surface area contributed by atoms with Crippen molar-refractivity contribution in [3.8, 4) is 0 Å². The molecule has 3 N–H and O–H groups in total. The first-order chi connectivity index (χ1) is 20.0. The molecule has 0 saturated carbocycles. The number of nitrogens with one attached hydrogen (secondary N) is 1. The Morgan fingerprint density at radius 1 is 1.12 bits per heavy atom. The van der Waals surface area contributed by atoms with Crippen molar-refractivity contribution in [1.82, 2.24) is 20.1 Å². The van der Waals surface area contributed by atoms with Gasteiger partial charge in [-0.25, -0.2) is 0 Å². The molecule has 0 spiro atoms. The maximum atomic E-state index is 13.4. The van der Waals surface area contributed by atoms with Crippen LogP contribution in [-0.4, -0.2) is 87.8 Å². The van der Waals surface area contributed by atoms with E-state index in [-0.39, 0.29) is 32.8 Å². The second-order valence-electron chi connectivity index (χ2n) is 11.5. The molecule has 0 bridgehead atoms. The molecule has 234 valence electrons. The summed E-state index contributed by atoms with van der Waals surface area (Å²) in [5.41, 5.74) is 4.90. The van der Waals surface area contributed by atoms with E-state index in [1.807, 2.05) is 55.5 Å². The number of Topliss-reactive ketones (excluding diaryl/α,β-unsaturated/α-hetero) is 1. The maximum absolute atomic E-state index is 13.4. The fourth-order valence-electron chi connectivity index (χ4n) is 4.90. The van der Waals surface area contributed by atoms with Crippen molar-refractivity contribution in [3.63, 3.8) is 0 Å². The summed E-state index contributed by atoms with van der Waals surface area (Å²) in [6.07, 6.45) is -4.44. The number of ether oxygens (including phenoxy) is 1. The van der Waals surface area contributed by atoms with Crippen LogP contribution in [0.5, 0.6) is 0 Å². The molecular formula is C30H38F3N5O5. The molecule has 2 aliphatic heterocycles. The van der Waals surface area contributed by atoms with Crippen LogP contribution in [0.2, 0.25) is 0 Å². The van der Waals surface area contributed by atoms with Crippen molar-refractivity contribution in [1.29, 1.82) is 0 Å². The third-order valence-corrected chi connectivity index (χ3v) is 7.24. The summed E-state index contributed by atoms with van der Waals surface area (Å²) in [5.74, 6) is -4.76. The van der Waals surface area contributed by atoms with E-state index in [1.54, 1.807) is 6.20 Å². The Kier molecular flexibility index (Phi) is 10.7. The van der Waals surface area contributed by atoms with Crippen molar-refractivity contribution >= 4 is 23.5 Å². The summed E-state index contributed by atoms with van der Waals surface area (Å²) in [6.45, 7) is 5.85. The van der Waals surface area contributed by atoms with Crippen LogP contribution >= 0.6 is 0 Å². The van der Waals surface area contributed by atoms with Crippen molar-refractivity contribution < 1.29 is 37.1 Å². The lowest BCUT2D eigenvalue weighted by molar-refractivity contribution is -0.158. The number of ketones is 1. The minimum absolute atomic E-state index is 0.0107. The number of aryl methyl sites for hydroxylation is 1. The number of halogens is 3. The number of nitrogens with zero attached hydrogens (tertiary/aromatic N) is 3. The van der Waals surface area contributed by atoms with E-state index in [9.17, 15) is 32.3 Å². The molecule has 2 aromatic rings. The van der Waals surface area contributed by atoms with Gasteiger partial charge in [0.05, 0.1) is 31.7 Å². The van der Waals surface area contributed by atoms with E-state index < -0.39 is 59.1 Å². The molecule has 2 aliphatic rings. The Morgan fingerprint density at radius 2 is 1.77 bits per heavy atom. The number of hydrogen-bond donors (Lipinski definition) is 2. The second kappa shape index (κ2) is 13.6. The fourth-order valence-corrected chi connectivity index (χ4v) is 4.90. The van der Waals surface area contributed by atoms with Gasteiger partial charge >= 0.3 is 6.18 Å². The topological polar surface area (TPSA) is 135 Å². The predicted molar refractivity (Wildman–Crippen MR) is 151 cm³/mol. The lowest BCUT2D eigenvalue weighted by Crippen LogP contribution is -2.65. The summed E-state index contributed by atoms with van der Waals surface area (Å²) in [4.78, 5) is 57.8. The first-order valence-corrected chi connectivity index (χ1v) is 13.8. The van der Waals surface area contributed by atoms with Gasteiger partial charge in [0.2, 0.25) is 17.7 Å². The summed E-state index contributed by atoms with van der Waals surface area (Å²) in [5, 5.41) is 2.58. The molecule has 3 amide bonds. The number of aromatic nitrogens is 1. The van der Waals surface area contributed by atoms with Gasteiger partial charge in [0.25, 0.3) is 0 Å². The van der Waals surface area contributed by atoms with Gasteiger partial charge in [0.1, 0.15) is 17.5 Å².